The van der Waals surface area contributed by atoms with E-state index in [1.807, 2.05) is 60.7 Å². The molecule has 0 aliphatic rings. The van der Waals surface area contributed by atoms with Gasteiger partial charge >= 0.3 is 5.97 Å². The van der Waals surface area contributed by atoms with E-state index in [1.165, 1.54) is 0 Å². The van der Waals surface area contributed by atoms with E-state index in [9.17, 15) is 4.79 Å². The third-order valence-corrected chi connectivity index (χ3v) is 2.16. The number of para-hydroxylation sites is 1. The Bertz CT molecular complexity index is 510. The van der Waals surface area contributed by atoms with Crippen LogP contribution in [0.3, 0.4) is 0 Å². The summed E-state index contributed by atoms with van der Waals surface area (Å²) < 4.78 is 0. The molecule has 0 spiro atoms. The Morgan fingerprint density at radius 3 is 1.95 bits per heavy atom. The number of carboxylic acid groups (broad SMARTS) is 1. The summed E-state index contributed by atoms with van der Waals surface area (Å²) in [7, 11) is 0. The number of hydrogen-bond acceptors (Lipinski definition) is 3. The molecule has 4 heteroatoms. The van der Waals surface area contributed by atoms with E-state index >= 15 is 0 Å². The van der Waals surface area contributed by atoms with Crippen molar-refractivity contribution in [2.24, 2.45) is 5.84 Å². The highest BCUT2D eigenvalue weighted by atomic mass is 16.4. The van der Waals surface area contributed by atoms with Gasteiger partial charge in [-0.05, 0) is 23.8 Å². The van der Waals surface area contributed by atoms with Gasteiger partial charge in [-0.3, -0.25) is 5.84 Å². The van der Waals surface area contributed by atoms with Crippen LogP contribution in [0, 0.1) is 0 Å². The van der Waals surface area contributed by atoms with Crippen molar-refractivity contribution in [2.45, 2.75) is 0 Å². The number of rotatable bonds is 3. The van der Waals surface area contributed by atoms with Crippen LogP contribution in [0.15, 0.2) is 66.7 Å². The van der Waals surface area contributed by atoms with E-state index in [2.05, 4.69) is 5.43 Å². The van der Waals surface area contributed by atoms with Crippen molar-refractivity contribution in [3.8, 4) is 0 Å². The second-order valence-electron chi connectivity index (χ2n) is 3.59. The van der Waals surface area contributed by atoms with Gasteiger partial charge in [-0.2, -0.15) is 0 Å². The van der Waals surface area contributed by atoms with Crippen LogP contribution in [0.2, 0.25) is 0 Å². The van der Waals surface area contributed by atoms with Crippen molar-refractivity contribution in [3.63, 3.8) is 0 Å². The molecular weight excluding hydrogens is 240 g/mol. The molecule has 0 aromatic heterocycles. The summed E-state index contributed by atoms with van der Waals surface area (Å²) in [5.74, 6) is 4.18. The first kappa shape index (κ1) is 14.5. The van der Waals surface area contributed by atoms with Gasteiger partial charge in [0, 0.05) is 11.8 Å². The van der Waals surface area contributed by atoms with E-state index < -0.39 is 5.97 Å². The van der Waals surface area contributed by atoms with Crippen molar-refractivity contribution in [1.29, 1.82) is 0 Å². The topological polar surface area (TPSA) is 75.3 Å². The first-order chi connectivity index (χ1) is 9.22. The zero-order chi connectivity index (χ0) is 13.9. The molecule has 0 saturated heterocycles. The quantitative estimate of drug-likeness (QED) is 0.448. The Hall–Kier alpha value is -2.59. The molecule has 0 aliphatic heterocycles. The van der Waals surface area contributed by atoms with E-state index in [-0.39, 0.29) is 0 Å². The Kier molecular flexibility index (Phi) is 6.47. The fourth-order valence-electron chi connectivity index (χ4n) is 1.27. The van der Waals surface area contributed by atoms with Crippen LogP contribution in [-0.2, 0) is 4.79 Å². The average Bonchev–Trinajstić information content (AvgIpc) is 2.48. The monoisotopic (exact) mass is 256 g/mol. The summed E-state index contributed by atoms with van der Waals surface area (Å²) in [5, 5.41) is 8.29. The van der Waals surface area contributed by atoms with Gasteiger partial charge in [0.2, 0.25) is 0 Å². The predicted molar refractivity (Wildman–Crippen MR) is 77.4 cm³/mol. The molecular formula is C15H16N2O2. The Morgan fingerprint density at radius 1 is 1.00 bits per heavy atom. The summed E-state index contributed by atoms with van der Waals surface area (Å²) in [4.78, 5) is 10.1. The van der Waals surface area contributed by atoms with Gasteiger partial charge in [0.15, 0.2) is 0 Å². The normalized spacial score (nSPS) is 9.53. The maximum absolute atomic E-state index is 10.1. The molecule has 0 bridgehead atoms. The third kappa shape index (κ3) is 6.65. The molecule has 2 aromatic carbocycles. The smallest absolute Gasteiger partial charge is 0.328 e. The number of carboxylic acids is 1. The minimum Gasteiger partial charge on any atom is -0.478 e. The minimum atomic E-state index is -0.922. The number of hydrazine groups is 1. The number of anilines is 1. The second-order valence-corrected chi connectivity index (χ2v) is 3.59. The molecule has 2 rings (SSSR count). The van der Waals surface area contributed by atoms with E-state index in [0.29, 0.717) is 0 Å². The molecule has 0 aliphatic carbocycles. The molecule has 0 unspecified atom stereocenters. The fourth-order valence-corrected chi connectivity index (χ4v) is 1.27. The van der Waals surface area contributed by atoms with Gasteiger partial charge in [0.1, 0.15) is 0 Å². The Balaban J connectivity index is 0.000000200. The molecule has 2 aromatic rings. The molecule has 0 atom stereocenters. The van der Waals surface area contributed by atoms with Gasteiger partial charge in [-0.1, -0.05) is 48.5 Å². The number of aliphatic carboxylic acids is 1. The zero-order valence-corrected chi connectivity index (χ0v) is 10.4. The SMILES string of the molecule is NNc1ccccc1.O=C(O)/C=C/c1ccccc1. The number of nitrogen functional groups attached to an aromatic ring is 1. The van der Waals surface area contributed by atoms with E-state index in [1.54, 1.807) is 6.08 Å². The lowest BCUT2D eigenvalue weighted by molar-refractivity contribution is -0.131. The number of carbonyl (C=O) groups is 1. The van der Waals surface area contributed by atoms with Gasteiger partial charge < -0.3 is 10.5 Å². The highest BCUT2D eigenvalue weighted by Crippen LogP contribution is 2.01. The van der Waals surface area contributed by atoms with Crippen molar-refractivity contribution >= 4 is 17.7 Å². The minimum absolute atomic E-state index is 0.898. The summed E-state index contributed by atoms with van der Waals surface area (Å²) >= 11 is 0. The lowest BCUT2D eigenvalue weighted by Gasteiger charge is -1.94. The Morgan fingerprint density at radius 2 is 1.53 bits per heavy atom. The van der Waals surface area contributed by atoms with Gasteiger partial charge in [-0.25, -0.2) is 4.79 Å². The molecule has 0 heterocycles. The highest BCUT2D eigenvalue weighted by Gasteiger charge is 1.86. The fraction of sp³-hybridized carbons (Fsp3) is 0. The van der Waals surface area contributed by atoms with E-state index in [4.69, 9.17) is 10.9 Å². The molecule has 19 heavy (non-hydrogen) atoms. The van der Waals surface area contributed by atoms with Crippen LogP contribution >= 0.6 is 0 Å². The second kappa shape index (κ2) is 8.49. The van der Waals surface area contributed by atoms with Crippen LogP contribution < -0.4 is 11.3 Å². The molecule has 98 valence electrons. The van der Waals surface area contributed by atoms with Crippen LogP contribution in [0.25, 0.3) is 6.08 Å². The van der Waals surface area contributed by atoms with Gasteiger partial charge in [0.05, 0.1) is 0 Å². The van der Waals surface area contributed by atoms with Crippen molar-refractivity contribution < 1.29 is 9.90 Å². The number of benzene rings is 2. The molecule has 0 amide bonds. The molecule has 4 N–H and O–H groups in total. The first-order valence-electron chi connectivity index (χ1n) is 5.70. The number of hydrogen-bond donors (Lipinski definition) is 3. The summed E-state index contributed by atoms with van der Waals surface area (Å²) in [6.45, 7) is 0. The largest absolute Gasteiger partial charge is 0.478 e. The maximum Gasteiger partial charge on any atom is 0.328 e. The lowest BCUT2D eigenvalue weighted by Crippen LogP contribution is -2.05. The summed E-state index contributed by atoms with van der Waals surface area (Å²) in [5.41, 5.74) is 4.36. The predicted octanol–water partition coefficient (Wildman–Crippen LogP) is 2.76. The highest BCUT2D eigenvalue weighted by molar-refractivity contribution is 5.85. The van der Waals surface area contributed by atoms with Gasteiger partial charge in [-0.15, -0.1) is 0 Å². The van der Waals surface area contributed by atoms with Crippen molar-refractivity contribution in [3.05, 3.63) is 72.3 Å². The van der Waals surface area contributed by atoms with Gasteiger partial charge in [0.25, 0.3) is 0 Å². The average molecular weight is 256 g/mol. The van der Waals surface area contributed by atoms with Crippen LogP contribution in [0.1, 0.15) is 5.56 Å². The molecule has 4 nitrogen and oxygen atoms in total. The van der Waals surface area contributed by atoms with E-state index in [0.717, 1.165) is 17.3 Å². The molecule has 0 fully saturated rings. The van der Waals surface area contributed by atoms with Crippen LogP contribution in [0.5, 0.6) is 0 Å². The van der Waals surface area contributed by atoms with Crippen molar-refractivity contribution in [1.82, 2.24) is 0 Å². The molecule has 0 radical (unpaired) electrons. The Labute approximate surface area is 112 Å². The van der Waals surface area contributed by atoms with Crippen LogP contribution in [-0.4, -0.2) is 11.1 Å². The summed E-state index contributed by atoms with van der Waals surface area (Å²) in [6, 6.07) is 18.9. The maximum atomic E-state index is 10.1. The van der Waals surface area contributed by atoms with Crippen LogP contribution in [0.4, 0.5) is 5.69 Å². The lowest BCUT2D eigenvalue weighted by atomic mass is 10.2. The standard InChI is InChI=1S/C9H8O2.C6H8N2/c10-9(11)7-6-8-4-2-1-3-5-8;7-8-6-4-2-1-3-5-6/h1-7H,(H,10,11);1-5,8H,7H2/b7-6+;. The zero-order valence-electron chi connectivity index (χ0n) is 10.4. The number of nitrogens with two attached hydrogens (primary N) is 1. The van der Waals surface area contributed by atoms with Crippen molar-refractivity contribution in [2.75, 3.05) is 5.43 Å². The number of nitrogens with one attached hydrogen (secondary N) is 1. The first-order valence-corrected chi connectivity index (χ1v) is 5.70. The molecule has 0 saturated carbocycles. The summed E-state index contributed by atoms with van der Waals surface area (Å²) in [6.07, 6.45) is 2.68. The third-order valence-electron chi connectivity index (χ3n) is 2.16.